The maximum Gasteiger partial charge on any atom is 0.336 e. The number of rotatable bonds is 4. The molecule has 0 radical (unpaired) electrons. The molecule has 3 rings (SSSR count). The molecule has 0 fully saturated rings. The van der Waals surface area contributed by atoms with Crippen molar-refractivity contribution >= 4 is 45.8 Å². The number of hydrogen-bond donors (Lipinski definition) is 1. The first-order valence-electron chi connectivity index (χ1n) is 7.81. The zero-order chi connectivity index (χ0) is 18.8. The Morgan fingerprint density at radius 1 is 1.19 bits per heavy atom. The van der Waals surface area contributed by atoms with Crippen molar-refractivity contribution in [3.8, 4) is 5.75 Å². The molecule has 134 valence electrons. The second-order valence-corrected chi connectivity index (χ2v) is 6.54. The van der Waals surface area contributed by atoms with Gasteiger partial charge in [-0.15, -0.1) is 0 Å². The van der Waals surface area contributed by atoms with Gasteiger partial charge >= 0.3 is 5.63 Å². The number of nitrogens with one attached hydrogen (secondary N) is 1. The summed E-state index contributed by atoms with van der Waals surface area (Å²) in [6.45, 7) is 3.43. The minimum atomic E-state index is -0.806. The van der Waals surface area contributed by atoms with Crippen molar-refractivity contribution in [3.63, 3.8) is 0 Å². The zero-order valence-electron chi connectivity index (χ0n) is 14.0. The first kappa shape index (κ1) is 18.3. The van der Waals surface area contributed by atoms with Gasteiger partial charge in [0.1, 0.15) is 11.3 Å². The van der Waals surface area contributed by atoms with Crippen LogP contribution in [0.15, 0.2) is 51.7 Å². The molecule has 2 aromatic carbocycles. The molecule has 1 amide bonds. The standard InChI is InChI=1S/C19H15Cl2NO4/c1-10-8-17(23)26-16-9-12(6-7-13(10)16)25-11(2)19(24)22-15-5-3-4-14(20)18(15)21/h3-9,11H,1-2H3,(H,22,24). The van der Waals surface area contributed by atoms with Crippen molar-refractivity contribution in [2.24, 2.45) is 0 Å². The highest BCUT2D eigenvalue weighted by atomic mass is 35.5. The topological polar surface area (TPSA) is 68.5 Å². The van der Waals surface area contributed by atoms with Crippen LogP contribution in [0, 0.1) is 6.92 Å². The molecule has 0 spiro atoms. The lowest BCUT2D eigenvalue weighted by molar-refractivity contribution is -0.122. The molecule has 0 aliphatic rings. The molecule has 0 bridgehead atoms. The predicted octanol–water partition coefficient (Wildman–Crippen LogP) is 4.81. The van der Waals surface area contributed by atoms with Gasteiger partial charge in [0.2, 0.25) is 0 Å². The van der Waals surface area contributed by atoms with Crippen LogP contribution in [0.2, 0.25) is 10.0 Å². The van der Waals surface area contributed by atoms with Crippen LogP contribution in [0.1, 0.15) is 12.5 Å². The summed E-state index contributed by atoms with van der Waals surface area (Å²) in [4.78, 5) is 23.9. The van der Waals surface area contributed by atoms with Gasteiger partial charge in [-0.3, -0.25) is 4.79 Å². The number of anilines is 1. The quantitative estimate of drug-likeness (QED) is 0.647. The van der Waals surface area contributed by atoms with Crippen LogP contribution < -0.4 is 15.7 Å². The molecule has 0 saturated carbocycles. The first-order chi connectivity index (χ1) is 12.3. The molecule has 26 heavy (non-hydrogen) atoms. The molecule has 1 heterocycles. The van der Waals surface area contributed by atoms with Gasteiger partial charge in [0.25, 0.3) is 5.91 Å². The molecule has 0 aliphatic carbocycles. The van der Waals surface area contributed by atoms with Crippen LogP contribution >= 0.6 is 23.2 Å². The number of carbonyl (C=O) groups excluding carboxylic acids is 1. The minimum absolute atomic E-state index is 0.262. The smallest absolute Gasteiger partial charge is 0.336 e. The van der Waals surface area contributed by atoms with Gasteiger partial charge in [0.15, 0.2) is 6.10 Å². The van der Waals surface area contributed by atoms with Gasteiger partial charge < -0.3 is 14.5 Å². The Bertz CT molecular complexity index is 1050. The lowest BCUT2D eigenvalue weighted by Crippen LogP contribution is -2.30. The van der Waals surface area contributed by atoms with Gasteiger partial charge in [-0.2, -0.15) is 0 Å². The SMILES string of the molecule is Cc1cc(=O)oc2cc(OC(C)C(=O)Nc3cccc(Cl)c3Cl)ccc12. The average Bonchev–Trinajstić information content (AvgIpc) is 2.58. The maximum absolute atomic E-state index is 12.3. The molecule has 0 aliphatic heterocycles. The molecular formula is C19H15Cl2NO4. The molecule has 1 unspecified atom stereocenters. The van der Waals surface area contributed by atoms with E-state index in [9.17, 15) is 9.59 Å². The normalized spacial score (nSPS) is 12.0. The Kier molecular flexibility index (Phi) is 5.20. The number of halogens is 2. The second-order valence-electron chi connectivity index (χ2n) is 5.76. The Hall–Kier alpha value is -2.50. The summed E-state index contributed by atoms with van der Waals surface area (Å²) in [5.41, 5.74) is 1.18. The van der Waals surface area contributed by atoms with Gasteiger partial charge in [-0.25, -0.2) is 4.79 Å². The summed E-state index contributed by atoms with van der Waals surface area (Å²) in [7, 11) is 0. The number of carbonyl (C=O) groups is 1. The van der Waals surface area contributed by atoms with Crippen LogP contribution in [-0.2, 0) is 4.79 Å². The van der Waals surface area contributed by atoms with E-state index >= 15 is 0 Å². The zero-order valence-corrected chi connectivity index (χ0v) is 15.5. The summed E-state index contributed by atoms with van der Waals surface area (Å²) in [5, 5.41) is 4.09. The van der Waals surface area contributed by atoms with Gasteiger partial charge in [0.05, 0.1) is 15.7 Å². The van der Waals surface area contributed by atoms with E-state index in [0.29, 0.717) is 22.0 Å². The van der Waals surface area contributed by atoms with Gasteiger partial charge in [0, 0.05) is 17.5 Å². The Balaban J connectivity index is 1.77. The molecule has 1 atom stereocenters. The van der Waals surface area contributed by atoms with Crippen molar-refractivity contribution < 1.29 is 13.9 Å². The number of amides is 1. The number of fused-ring (bicyclic) bond motifs is 1. The summed E-state index contributed by atoms with van der Waals surface area (Å²) in [6.07, 6.45) is -0.806. The van der Waals surface area contributed by atoms with Crippen LogP contribution in [0.4, 0.5) is 5.69 Å². The predicted molar refractivity (Wildman–Crippen MR) is 102 cm³/mol. The van der Waals surface area contributed by atoms with Crippen LogP contribution in [-0.4, -0.2) is 12.0 Å². The lowest BCUT2D eigenvalue weighted by atomic mass is 10.1. The molecular weight excluding hydrogens is 377 g/mol. The van der Waals surface area contributed by atoms with E-state index in [2.05, 4.69) is 5.32 Å². The van der Waals surface area contributed by atoms with E-state index in [-0.39, 0.29) is 10.9 Å². The third kappa shape index (κ3) is 3.84. The summed E-state index contributed by atoms with van der Waals surface area (Å²) in [5.74, 6) is 0.0195. The van der Waals surface area contributed by atoms with Gasteiger partial charge in [-0.05, 0) is 43.7 Å². The molecule has 7 heteroatoms. The van der Waals surface area contributed by atoms with Crippen LogP contribution in [0.25, 0.3) is 11.0 Å². The number of aryl methyl sites for hydroxylation is 1. The van der Waals surface area contributed by atoms with E-state index in [1.165, 1.54) is 6.07 Å². The van der Waals surface area contributed by atoms with Crippen molar-refractivity contribution in [1.29, 1.82) is 0 Å². The minimum Gasteiger partial charge on any atom is -0.481 e. The molecule has 1 N–H and O–H groups in total. The monoisotopic (exact) mass is 391 g/mol. The van der Waals surface area contributed by atoms with Gasteiger partial charge in [-0.1, -0.05) is 29.3 Å². The molecule has 5 nitrogen and oxygen atoms in total. The summed E-state index contributed by atoms with van der Waals surface area (Å²) in [6, 6.07) is 11.5. The van der Waals surface area contributed by atoms with E-state index in [1.807, 2.05) is 6.92 Å². The molecule has 0 saturated heterocycles. The number of ether oxygens (including phenoxy) is 1. The van der Waals surface area contributed by atoms with Crippen LogP contribution in [0.3, 0.4) is 0 Å². The van der Waals surface area contributed by atoms with Crippen molar-refractivity contribution in [2.75, 3.05) is 5.32 Å². The highest BCUT2D eigenvalue weighted by Gasteiger charge is 2.17. The highest BCUT2D eigenvalue weighted by Crippen LogP contribution is 2.30. The fraction of sp³-hybridized carbons (Fsp3) is 0.158. The summed E-state index contributed by atoms with van der Waals surface area (Å²) >= 11 is 12.0. The Morgan fingerprint density at radius 2 is 1.96 bits per heavy atom. The highest BCUT2D eigenvalue weighted by molar-refractivity contribution is 6.44. The molecule has 3 aromatic rings. The summed E-state index contributed by atoms with van der Waals surface area (Å²) < 4.78 is 10.8. The number of benzene rings is 2. The first-order valence-corrected chi connectivity index (χ1v) is 8.57. The van der Waals surface area contributed by atoms with Crippen molar-refractivity contribution in [2.45, 2.75) is 20.0 Å². The average molecular weight is 392 g/mol. The van der Waals surface area contributed by atoms with E-state index in [0.717, 1.165) is 10.9 Å². The van der Waals surface area contributed by atoms with Crippen LogP contribution in [0.5, 0.6) is 5.75 Å². The lowest BCUT2D eigenvalue weighted by Gasteiger charge is -2.16. The fourth-order valence-corrected chi connectivity index (χ4v) is 2.82. The van der Waals surface area contributed by atoms with Crippen molar-refractivity contribution in [1.82, 2.24) is 0 Å². The molecule has 1 aromatic heterocycles. The number of hydrogen-bond acceptors (Lipinski definition) is 4. The van der Waals surface area contributed by atoms with E-state index in [4.69, 9.17) is 32.4 Å². The maximum atomic E-state index is 12.3. The second kappa shape index (κ2) is 7.40. The van der Waals surface area contributed by atoms with E-state index < -0.39 is 11.7 Å². The third-order valence-corrected chi connectivity index (χ3v) is 4.63. The third-order valence-electron chi connectivity index (χ3n) is 3.81. The Labute approximate surface area is 159 Å². The Morgan fingerprint density at radius 3 is 2.73 bits per heavy atom. The van der Waals surface area contributed by atoms with E-state index in [1.54, 1.807) is 43.3 Å². The largest absolute Gasteiger partial charge is 0.481 e. The van der Waals surface area contributed by atoms with Crippen molar-refractivity contribution in [3.05, 3.63) is 68.5 Å². The fourth-order valence-electron chi connectivity index (χ4n) is 2.47.